The number of anilines is 1. The summed E-state index contributed by atoms with van der Waals surface area (Å²) < 4.78 is 11.4. The van der Waals surface area contributed by atoms with Crippen LogP contribution in [0.4, 0.5) is 10.5 Å². The Morgan fingerprint density at radius 1 is 1.11 bits per heavy atom. The van der Waals surface area contributed by atoms with Crippen LogP contribution in [0.25, 0.3) is 10.8 Å². The largest absolute Gasteiger partial charge is 0.489 e. The molecule has 0 aliphatic carbocycles. The third-order valence-corrected chi connectivity index (χ3v) is 4.54. The summed E-state index contributed by atoms with van der Waals surface area (Å²) in [6.07, 6.45) is -0.763. The van der Waals surface area contributed by atoms with Crippen molar-refractivity contribution in [3.63, 3.8) is 0 Å². The second kappa shape index (κ2) is 6.99. The molecule has 1 saturated heterocycles. The van der Waals surface area contributed by atoms with Crippen molar-refractivity contribution in [2.45, 2.75) is 6.10 Å². The highest BCUT2D eigenvalue weighted by molar-refractivity contribution is 5.96. The van der Waals surface area contributed by atoms with Gasteiger partial charge in [0.25, 0.3) is 0 Å². The average Bonchev–Trinajstić information content (AvgIpc) is 3.07. The lowest BCUT2D eigenvalue weighted by molar-refractivity contribution is 0.105. The van der Waals surface area contributed by atoms with E-state index >= 15 is 0 Å². The summed E-state index contributed by atoms with van der Waals surface area (Å²) >= 11 is 0. The first-order valence-corrected chi connectivity index (χ1v) is 8.65. The molecule has 0 aromatic heterocycles. The molecule has 0 spiro atoms. The molecule has 27 heavy (non-hydrogen) atoms. The molecule has 1 aliphatic heterocycles. The minimum absolute atomic E-state index is 0.00749. The molecule has 1 fully saturated rings. The summed E-state index contributed by atoms with van der Waals surface area (Å²) in [5.41, 5.74) is 6.78. The number of nitrogen functional groups attached to an aromatic ring is 1. The SMILES string of the molecule is N=C(N)c1ccc(N2CC(COc3cccc4ccccc34)OC2=O)cc1. The molecule has 1 atom stereocenters. The fourth-order valence-electron chi connectivity index (χ4n) is 3.14. The standard InChI is InChI=1S/C21H19N3O3/c22-20(23)15-8-10-16(11-9-15)24-12-17(27-21(24)25)13-26-19-7-3-5-14-4-1-2-6-18(14)19/h1-11,17H,12-13H2,(H3,22,23). The Balaban J connectivity index is 1.44. The van der Waals surface area contributed by atoms with E-state index in [1.807, 2.05) is 42.5 Å². The molecular formula is C21H19N3O3. The number of nitrogens with one attached hydrogen (secondary N) is 1. The number of fused-ring (bicyclic) bond motifs is 1. The van der Waals surface area contributed by atoms with Crippen LogP contribution in [0.15, 0.2) is 66.7 Å². The first kappa shape index (κ1) is 16.9. The third-order valence-electron chi connectivity index (χ3n) is 4.54. The third kappa shape index (κ3) is 3.42. The van der Waals surface area contributed by atoms with Gasteiger partial charge in [-0.3, -0.25) is 10.3 Å². The van der Waals surface area contributed by atoms with Crippen LogP contribution >= 0.6 is 0 Å². The highest BCUT2D eigenvalue weighted by Crippen LogP contribution is 2.27. The van der Waals surface area contributed by atoms with Gasteiger partial charge in [0.1, 0.15) is 18.2 Å². The minimum atomic E-state index is -0.405. The van der Waals surface area contributed by atoms with Crippen LogP contribution < -0.4 is 15.4 Å². The Hall–Kier alpha value is -3.54. The lowest BCUT2D eigenvalue weighted by Gasteiger charge is -2.14. The van der Waals surface area contributed by atoms with Gasteiger partial charge in [0, 0.05) is 16.6 Å². The number of carbonyl (C=O) groups is 1. The van der Waals surface area contributed by atoms with Gasteiger partial charge in [-0.25, -0.2) is 4.79 Å². The molecule has 3 aromatic carbocycles. The minimum Gasteiger partial charge on any atom is -0.489 e. The molecule has 4 rings (SSSR count). The highest BCUT2D eigenvalue weighted by atomic mass is 16.6. The lowest BCUT2D eigenvalue weighted by Crippen LogP contribution is -2.26. The topological polar surface area (TPSA) is 88.6 Å². The van der Waals surface area contributed by atoms with E-state index in [2.05, 4.69) is 0 Å². The number of benzene rings is 3. The fourth-order valence-corrected chi connectivity index (χ4v) is 3.14. The number of cyclic esters (lactones) is 1. The summed E-state index contributed by atoms with van der Waals surface area (Å²) in [5.74, 6) is 0.764. The van der Waals surface area contributed by atoms with Crippen LogP contribution in [-0.4, -0.2) is 31.2 Å². The Morgan fingerprint density at radius 3 is 2.63 bits per heavy atom. The van der Waals surface area contributed by atoms with Gasteiger partial charge < -0.3 is 15.2 Å². The van der Waals surface area contributed by atoms with Crippen LogP contribution in [0.1, 0.15) is 5.56 Å². The molecule has 1 unspecified atom stereocenters. The predicted molar refractivity (Wildman–Crippen MR) is 105 cm³/mol. The number of hydrogen-bond donors (Lipinski definition) is 2. The van der Waals surface area contributed by atoms with Gasteiger partial charge in [-0.15, -0.1) is 0 Å². The summed E-state index contributed by atoms with van der Waals surface area (Å²) in [5, 5.41) is 9.57. The van der Waals surface area contributed by atoms with Crippen molar-refractivity contribution in [1.82, 2.24) is 0 Å². The van der Waals surface area contributed by atoms with Crippen LogP contribution in [-0.2, 0) is 4.74 Å². The molecule has 0 radical (unpaired) electrons. The molecule has 1 aliphatic rings. The molecule has 1 heterocycles. The van der Waals surface area contributed by atoms with E-state index in [0.717, 1.165) is 16.5 Å². The van der Waals surface area contributed by atoms with Crippen molar-refractivity contribution in [2.75, 3.05) is 18.1 Å². The van der Waals surface area contributed by atoms with E-state index in [1.54, 1.807) is 29.2 Å². The van der Waals surface area contributed by atoms with Crippen molar-refractivity contribution in [2.24, 2.45) is 5.73 Å². The van der Waals surface area contributed by atoms with Crippen LogP contribution in [0.5, 0.6) is 5.75 Å². The van der Waals surface area contributed by atoms with E-state index < -0.39 is 6.09 Å². The second-order valence-corrected chi connectivity index (χ2v) is 6.37. The average molecular weight is 361 g/mol. The van der Waals surface area contributed by atoms with Gasteiger partial charge in [0.15, 0.2) is 6.10 Å². The molecular weight excluding hydrogens is 342 g/mol. The predicted octanol–water partition coefficient (Wildman–Crippen LogP) is 3.53. The summed E-state index contributed by atoms with van der Waals surface area (Å²) in [7, 11) is 0. The van der Waals surface area contributed by atoms with Crippen molar-refractivity contribution in [3.8, 4) is 5.75 Å². The molecule has 6 nitrogen and oxygen atoms in total. The maximum Gasteiger partial charge on any atom is 0.414 e. The van der Waals surface area contributed by atoms with E-state index in [-0.39, 0.29) is 18.5 Å². The monoisotopic (exact) mass is 361 g/mol. The van der Waals surface area contributed by atoms with Gasteiger partial charge in [-0.05, 0) is 35.7 Å². The Bertz CT molecular complexity index is 996. The zero-order valence-corrected chi connectivity index (χ0v) is 14.6. The normalized spacial score (nSPS) is 16.4. The Labute approximate surface area is 156 Å². The van der Waals surface area contributed by atoms with E-state index in [1.165, 1.54) is 0 Å². The van der Waals surface area contributed by atoms with Crippen molar-refractivity contribution in [1.29, 1.82) is 5.41 Å². The van der Waals surface area contributed by atoms with Gasteiger partial charge in [0.05, 0.1) is 6.54 Å². The van der Waals surface area contributed by atoms with E-state index in [4.69, 9.17) is 20.6 Å². The van der Waals surface area contributed by atoms with Crippen molar-refractivity contribution < 1.29 is 14.3 Å². The maximum atomic E-state index is 12.2. The Morgan fingerprint density at radius 2 is 1.85 bits per heavy atom. The highest BCUT2D eigenvalue weighted by Gasteiger charge is 2.32. The van der Waals surface area contributed by atoms with Gasteiger partial charge in [-0.1, -0.05) is 36.4 Å². The molecule has 1 amide bonds. The number of nitrogens with zero attached hydrogens (tertiary/aromatic N) is 1. The molecule has 3 N–H and O–H groups in total. The quantitative estimate of drug-likeness (QED) is 0.537. The number of ether oxygens (including phenoxy) is 2. The number of hydrogen-bond acceptors (Lipinski definition) is 4. The van der Waals surface area contributed by atoms with E-state index in [0.29, 0.717) is 17.8 Å². The van der Waals surface area contributed by atoms with Crippen LogP contribution in [0, 0.1) is 5.41 Å². The van der Waals surface area contributed by atoms with E-state index in [9.17, 15) is 4.79 Å². The molecule has 0 saturated carbocycles. The summed E-state index contributed by atoms with van der Waals surface area (Å²) in [6.45, 7) is 0.685. The molecule has 6 heteroatoms. The number of amides is 1. The van der Waals surface area contributed by atoms with Gasteiger partial charge >= 0.3 is 6.09 Å². The molecule has 3 aromatic rings. The van der Waals surface area contributed by atoms with Gasteiger partial charge in [-0.2, -0.15) is 0 Å². The van der Waals surface area contributed by atoms with Crippen molar-refractivity contribution in [3.05, 3.63) is 72.3 Å². The van der Waals surface area contributed by atoms with Crippen LogP contribution in [0.2, 0.25) is 0 Å². The fraction of sp³-hybridized carbons (Fsp3) is 0.143. The lowest BCUT2D eigenvalue weighted by atomic mass is 10.1. The second-order valence-electron chi connectivity index (χ2n) is 6.37. The summed E-state index contributed by atoms with van der Waals surface area (Å²) in [6, 6.07) is 20.8. The number of rotatable bonds is 5. The van der Waals surface area contributed by atoms with Crippen LogP contribution in [0.3, 0.4) is 0 Å². The number of nitrogens with two attached hydrogens (primary N) is 1. The molecule has 0 bridgehead atoms. The maximum absolute atomic E-state index is 12.2. The number of carbonyl (C=O) groups excluding carboxylic acids is 1. The first-order chi connectivity index (χ1) is 13.1. The zero-order valence-electron chi connectivity index (χ0n) is 14.6. The first-order valence-electron chi connectivity index (χ1n) is 8.65. The summed E-state index contributed by atoms with van der Waals surface area (Å²) in [4.78, 5) is 13.8. The number of amidine groups is 1. The zero-order chi connectivity index (χ0) is 18.8. The van der Waals surface area contributed by atoms with Crippen molar-refractivity contribution >= 4 is 28.4 Å². The Kier molecular flexibility index (Phi) is 4.38. The molecule has 136 valence electrons. The van der Waals surface area contributed by atoms with Gasteiger partial charge in [0.2, 0.25) is 0 Å². The smallest absolute Gasteiger partial charge is 0.414 e.